The molecule has 0 aliphatic carbocycles. The van der Waals surface area contributed by atoms with Gasteiger partial charge in [0.15, 0.2) is 0 Å². The number of anilines is 1. The molecule has 0 aliphatic rings. The molecule has 0 heterocycles. The fraction of sp³-hybridized carbons (Fsp3) is 0.400. The summed E-state index contributed by atoms with van der Waals surface area (Å²) in [6, 6.07) is 7.16. The summed E-state index contributed by atoms with van der Waals surface area (Å²) in [5.74, 6) is 0.851. The highest BCUT2D eigenvalue weighted by molar-refractivity contribution is 5.91. The number of rotatable bonds is 6. The molecule has 0 aromatic heterocycles. The van der Waals surface area contributed by atoms with Crippen LogP contribution in [0.15, 0.2) is 18.2 Å². The van der Waals surface area contributed by atoms with Gasteiger partial charge >= 0.3 is 0 Å². The smallest absolute Gasteiger partial charge is 0.224 e. The molecule has 0 aliphatic heterocycles. The zero-order chi connectivity index (χ0) is 14.3. The second-order valence-electron chi connectivity index (χ2n) is 4.69. The predicted molar refractivity (Wildman–Crippen MR) is 74.7 cm³/mol. The van der Waals surface area contributed by atoms with Gasteiger partial charge in [-0.1, -0.05) is 20.8 Å². The zero-order valence-corrected chi connectivity index (χ0v) is 11.6. The van der Waals surface area contributed by atoms with Gasteiger partial charge in [-0.2, -0.15) is 5.26 Å². The van der Waals surface area contributed by atoms with Gasteiger partial charge in [0.1, 0.15) is 11.8 Å². The van der Waals surface area contributed by atoms with Crippen molar-refractivity contribution in [2.45, 2.75) is 27.2 Å². The highest BCUT2D eigenvalue weighted by Gasteiger charge is 2.07. The van der Waals surface area contributed by atoms with Crippen molar-refractivity contribution in [3.63, 3.8) is 0 Å². The van der Waals surface area contributed by atoms with Crippen molar-refractivity contribution in [2.24, 2.45) is 5.92 Å². The van der Waals surface area contributed by atoms with E-state index in [4.69, 9.17) is 10.00 Å². The van der Waals surface area contributed by atoms with Crippen molar-refractivity contribution in [1.29, 1.82) is 5.26 Å². The van der Waals surface area contributed by atoms with Crippen molar-refractivity contribution < 1.29 is 9.53 Å². The van der Waals surface area contributed by atoms with E-state index in [9.17, 15) is 4.79 Å². The summed E-state index contributed by atoms with van der Waals surface area (Å²) >= 11 is 0. The first kappa shape index (κ1) is 15.0. The van der Waals surface area contributed by atoms with E-state index in [-0.39, 0.29) is 5.91 Å². The van der Waals surface area contributed by atoms with Gasteiger partial charge in [0.25, 0.3) is 0 Å². The summed E-state index contributed by atoms with van der Waals surface area (Å²) in [5, 5.41) is 11.8. The van der Waals surface area contributed by atoms with Crippen LogP contribution >= 0.6 is 0 Å². The van der Waals surface area contributed by atoms with Gasteiger partial charge in [-0.05, 0) is 30.5 Å². The van der Waals surface area contributed by atoms with Crippen LogP contribution in [-0.2, 0) is 4.79 Å². The lowest BCUT2D eigenvalue weighted by Gasteiger charge is -2.11. The second kappa shape index (κ2) is 7.42. The molecule has 0 fully saturated rings. The minimum absolute atomic E-state index is 0.0951. The van der Waals surface area contributed by atoms with Crippen LogP contribution in [0.4, 0.5) is 5.69 Å². The summed E-state index contributed by atoms with van der Waals surface area (Å²) < 4.78 is 5.56. The minimum atomic E-state index is -0.0951. The van der Waals surface area contributed by atoms with Crippen LogP contribution in [0.3, 0.4) is 0 Å². The van der Waals surface area contributed by atoms with E-state index < -0.39 is 0 Å². The van der Waals surface area contributed by atoms with E-state index in [1.807, 2.05) is 20.8 Å². The molecule has 0 unspecified atom stereocenters. The number of nitriles is 1. The van der Waals surface area contributed by atoms with Crippen LogP contribution in [0.1, 0.15) is 32.8 Å². The lowest BCUT2D eigenvalue weighted by Crippen LogP contribution is -2.11. The molecule has 0 saturated carbocycles. The van der Waals surface area contributed by atoms with Crippen molar-refractivity contribution in [3.8, 4) is 11.8 Å². The molecule has 1 N–H and O–H groups in total. The Labute approximate surface area is 114 Å². The average Bonchev–Trinajstić information content (AvgIpc) is 2.37. The molecule has 0 spiro atoms. The van der Waals surface area contributed by atoms with Crippen LogP contribution in [-0.4, -0.2) is 12.5 Å². The molecule has 1 radical (unpaired) electrons. The Hall–Kier alpha value is -2.02. The highest BCUT2D eigenvalue weighted by atomic mass is 16.5. The number of hydrogen-bond donors (Lipinski definition) is 1. The highest BCUT2D eigenvalue weighted by Crippen LogP contribution is 2.22. The number of carbonyl (C=O) groups excluding carboxylic acids is 1. The Bertz CT molecular complexity index is 476. The number of benzene rings is 1. The third-order valence-corrected chi connectivity index (χ3v) is 2.35. The minimum Gasteiger partial charge on any atom is -0.492 e. The molecule has 1 amide bonds. The van der Waals surface area contributed by atoms with E-state index in [1.165, 1.54) is 0 Å². The third-order valence-electron chi connectivity index (χ3n) is 2.35. The molecule has 101 valence electrons. The first-order chi connectivity index (χ1) is 9.06. The van der Waals surface area contributed by atoms with E-state index in [0.717, 1.165) is 0 Å². The van der Waals surface area contributed by atoms with Crippen LogP contribution in [0.5, 0.6) is 5.75 Å². The molecule has 0 saturated heterocycles. The first-order valence-corrected chi connectivity index (χ1v) is 6.31. The van der Waals surface area contributed by atoms with Crippen molar-refractivity contribution >= 4 is 11.6 Å². The molecule has 4 heteroatoms. The van der Waals surface area contributed by atoms with Gasteiger partial charge < -0.3 is 10.1 Å². The third kappa shape index (κ3) is 5.01. The number of nitrogens with one attached hydrogen (secondary N) is 1. The maximum absolute atomic E-state index is 11.5. The van der Waals surface area contributed by atoms with Crippen molar-refractivity contribution in [1.82, 2.24) is 0 Å². The van der Waals surface area contributed by atoms with Gasteiger partial charge in [-0.25, -0.2) is 0 Å². The SMILES string of the molecule is C[CH]CC(=O)Nc1ccc(OCC(C)C)c(C#N)c1. The van der Waals surface area contributed by atoms with E-state index in [1.54, 1.807) is 24.6 Å². The van der Waals surface area contributed by atoms with Crippen LogP contribution < -0.4 is 10.1 Å². The van der Waals surface area contributed by atoms with Crippen LogP contribution in [0, 0.1) is 23.7 Å². The molecule has 1 aromatic carbocycles. The van der Waals surface area contributed by atoms with Crippen LogP contribution in [0.25, 0.3) is 0 Å². The van der Waals surface area contributed by atoms with Crippen molar-refractivity contribution in [2.75, 3.05) is 11.9 Å². The number of nitrogens with zero attached hydrogens (tertiary/aromatic N) is 1. The lowest BCUT2D eigenvalue weighted by atomic mass is 10.2. The number of hydrogen-bond acceptors (Lipinski definition) is 3. The molecule has 4 nitrogen and oxygen atoms in total. The molecule has 1 rings (SSSR count). The molecule has 0 bridgehead atoms. The standard InChI is InChI=1S/C15H19N2O2/c1-4-5-15(18)17-13-6-7-14(12(8-13)9-16)19-10-11(2)3/h4,6-8,11H,5,10H2,1-3H3,(H,17,18). The summed E-state index contributed by atoms with van der Waals surface area (Å²) in [6.07, 6.45) is 2.13. The fourth-order valence-corrected chi connectivity index (χ4v) is 1.47. The Morgan fingerprint density at radius 1 is 1.53 bits per heavy atom. The number of ether oxygens (including phenoxy) is 1. The van der Waals surface area contributed by atoms with Gasteiger partial charge in [-0.15, -0.1) is 0 Å². The predicted octanol–water partition coefficient (Wildman–Crippen LogP) is 3.15. The molecular weight excluding hydrogens is 240 g/mol. The normalized spacial score (nSPS) is 10.1. The summed E-state index contributed by atoms with van der Waals surface area (Å²) in [4.78, 5) is 11.5. The quantitative estimate of drug-likeness (QED) is 0.853. The lowest BCUT2D eigenvalue weighted by molar-refractivity contribution is -0.115. The zero-order valence-electron chi connectivity index (χ0n) is 11.6. The monoisotopic (exact) mass is 259 g/mol. The van der Waals surface area contributed by atoms with E-state index >= 15 is 0 Å². The molecule has 1 aromatic rings. The Morgan fingerprint density at radius 2 is 2.26 bits per heavy atom. The second-order valence-corrected chi connectivity index (χ2v) is 4.69. The molecule has 0 atom stereocenters. The van der Waals surface area contributed by atoms with Gasteiger partial charge in [0, 0.05) is 12.1 Å². The molecule has 19 heavy (non-hydrogen) atoms. The summed E-state index contributed by atoms with van der Waals surface area (Å²) in [7, 11) is 0. The topological polar surface area (TPSA) is 62.1 Å². The largest absolute Gasteiger partial charge is 0.492 e. The maximum atomic E-state index is 11.5. The van der Waals surface area contributed by atoms with Gasteiger partial charge in [0.2, 0.25) is 5.91 Å². The Kier molecular flexibility index (Phi) is 5.87. The fourth-order valence-electron chi connectivity index (χ4n) is 1.47. The summed E-state index contributed by atoms with van der Waals surface area (Å²) in [5.41, 5.74) is 1.04. The summed E-state index contributed by atoms with van der Waals surface area (Å²) in [6.45, 7) is 6.47. The van der Waals surface area contributed by atoms with Gasteiger partial charge in [0.05, 0.1) is 12.2 Å². The van der Waals surface area contributed by atoms with Crippen molar-refractivity contribution in [3.05, 3.63) is 30.2 Å². The first-order valence-electron chi connectivity index (χ1n) is 6.31. The molecular formula is C15H19N2O2. The van der Waals surface area contributed by atoms with E-state index in [2.05, 4.69) is 11.4 Å². The number of amides is 1. The number of carbonyl (C=O) groups is 1. The Balaban J connectivity index is 2.78. The van der Waals surface area contributed by atoms with Crippen LogP contribution in [0.2, 0.25) is 0 Å². The Morgan fingerprint density at radius 3 is 2.84 bits per heavy atom. The van der Waals surface area contributed by atoms with E-state index in [0.29, 0.717) is 35.9 Å². The average molecular weight is 259 g/mol. The van der Waals surface area contributed by atoms with Gasteiger partial charge in [-0.3, -0.25) is 4.79 Å². The maximum Gasteiger partial charge on any atom is 0.224 e.